The Morgan fingerprint density at radius 1 is 1.29 bits per heavy atom. The molecule has 0 bridgehead atoms. The number of nitrogens with one attached hydrogen (secondary N) is 1. The van der Waals surface area contributed by atoms with Crippen LogP contribution in [0.2, 0.25) is 0 Å². The molecule has 8 heteroatoms. The summed E-state index contributed by atoms with van der Waals surface area (Å²) in [6.45, 7) is 0. The van der Waals surface area contributed by atoms with Gasteiger partial charge < -0.3 is 5.32 Å². The lowest BCUT2D eigenvalue weighted by atomic mass is 10.1. The number of benzene rings is 2. The summed E-state index contributed by atoms with van der Waals surface area (Å²) in [5.41, 5.74) is 2.37. The van der Waals surface area contributed by atoms with Crippen LogP contribution in [0.4, 0.5) is 11.4 Å². The van der Waals surface area contributed by atoms with Gasteiger partial charge in [0.25, 0.3) is 5.69 Å². The van der Waals surface area contributed by atoms with Gasteiger partial charge in [0, 0.05) is 17.8 Å². The number of anilines is 1. The van der Waals surface area contributed by atoms with Crippen LogP contribution >= 0.6 is 23.1 Å². The minimum absolute atomic E-state index is 0.0133. The highest BCUT2D eigenvalue weighted by molar-refractivity contribution is 8.00. The first kappa shape index (κ1) is 16.4. The van der Waals surface area contributed by atoms with Crippen LogP contribution in [0.5, 0.6) is 0 Å². The van der Waals surface area contributed by atoms with E-state index in [0.29, 0.717) is 5.69 Å². The summed E-state index contributed by atoms with van der Waals surface area (Å²) >= 11 is 3.17. The number of hydrogen-bond donors (Lipinski definition) is 1. The van der Waals surface area contributed by atoms with E-state index < -0.39 is 4.92 Å². The summed E-state index contributed by atoms with van der Waals surface area (Å²) < 4.78 is 2.01. The van der Waals surface area contributed by atoms with Crippen LogP contribution in [0.15, 0.2) is 46.8 Å². The van der Waals surface area contributed by atoms with Gasteiger partial charge in [-0.25, -0.2) is 4.98 Å². The Balaban J connectivity index is 1.68. The number of hydrogen-bond acceptors (Lipinski definition) is 6. The zero-order valence-corrected chi connectivity index (χ0v) is 14.3. The third-order valence-corrected chi connectivity index (χ3v) is 5.34. The van der Waals surface area contributed by atoms with Crippen molar-refractivity contribution in [3.05, 3.63) is 58.1 Å². The Kier molecular flexibility index (Phi) is 4.77. The number of carbonyl (C=O) groups is 1. The molecule has 0 aliphatic heterocycles. The number of thioether (sulfide) groups is 1. The monoisotopic (exact) mass is 359 g/mol. The fourth-order valence-corrected chi connectivity index (χ4v) is 3.72. The van der Waals surface area contributed by atoms with Crippen molar-refractivity contribution in [3.8, 4) is 0 Å². The van der Waals surface area contributed by atoms with E-state index in [1.165, 1.54) is 12.1 Å². The normalized spacial score (nSPS) is 10.7. The lowest BCUT2D eigenvalue weighted by Gasteiger charge is -2.05. The molecule has 0 atom stereocenters. The fourth-order valence-electron chi connectivity index (χ4n) is 2.19. The largest absolute Gasteiger partial charge is 0.326 e. The third kappa shape index (κ3) is 3.72. The van der Waals surface area contributed by atoms with Gasteiger partial charge in [0.15, 0.2) is 4.34 Å². The van der Waals surface area contributed by atoms with Gasteiger partial charge in [-0.3, -0.25) is 14.9 Å². The molecule has 24 heavy (non-hydrogen) atoms. The maximum Gasteiger partial charge on any atom is 0.269 e. The summed E-state index contributed by atoms with van der Waals surface area (Å²) in [7, 11) is 0. The topological polar surface area (TPSA) is 85.1 Å². The van der Waals surface area contributed by atoms with E-state index in [4.69, 9.17) is 0 Å². The molecule has 0 aliphatic carbocycles. The molecule has 3 aromatic rings. The minimum Gasteiger partial charge on any atom is -0.326 e. The second-order valence-corrected chi connectivity index (χ2v) is 7.10. The highest BCUT2D eigenvalue weighted by atomic mass is 32.2. The number of nitro benzene ring substituents is 1. The zero-order valence-electron chi connectivity index (χ0n) is 12.7. The second kappa shape index (κ2) is 6.98. The van der Waals surface area contributed by atoms with E-state index in [1.807, 2.05) is 24.5 Å². The number of amides is 1. The first-order valence-corrected chi connectivity index (χ1v) is 9.07. The lowest BCUT2D eigenvalue weighted by Crippen LogP contribution is -2.14. The van der Waals surface area contributed by atoms with Crippen LogP contribution in [-0.4, -0.2) is 22.1 Å². The van der Waals surface area contributed by atoms with Gasteiger partial charge in [0.05, 0.1) is 21.6 Å². The summed E-state index contributed by atoms with van der Waals surface area (Å²) in [4.78, 5) is 26.8. The van der Waals surface area contributed by atoms with E-state index in [0.717, 1.165) is 20.1 Å². The standard InChI is InChI=1S/C16H13N3O3S2/c1-23-16-18-13-7-4-11(9-14(13)24-16)17-15(20)8-10-2-5-12(6-3-10)19(21)22/h2-7,9H,8H2,1H3,(H,17,20). The van der Waals surface area contributed by atoms with Crippen molar-refractivity contribution in [1.82, 2.24) is 4.98 Å². The molecule has 122 valence electrons. The lowest BCUT2D eigenvalue weighted by molar-refractivity contribution is -0.384. The molecule has 0 aliphatic rings. The average molecular weight is 359 g/mol. The molecule has 0 unspecified atom stereocenters. The van der Waals surface area contributed by atoms with Gasteiger partial charge in [0.1, 0.15) is 0 Å². The minimum atomic E-state index is -0.461. The molecule has 0 saturated carbocycles. The number of nitrogens with zero attached hydrogens (tertiary/aromatic N) is 2. The number of aromatic nitrogens is 1. The van der Waals surface area contributed by atoms with E-state index in [-0.39, 0.29) is 18.0 Å². The molecule has 6 nitrogen and oxygen atoms in total. The maximum atomic E-state index is 12.1. The van der Waals surface area contributed by atoms with Crippen LogP contribution in [0.25, 0.3) is 10.2 Å². The number of rotatable bonds is 5. The number of carbonyl (C=O) groups excluding carboxylic acids is 1. The summed E-state index contributed by atoms with van der Waals surface area (Å²) in [6.07, 6.45) is 2.14. The number of fused-ring (bicyclic) bond motifs is 1. The highest BCUT2D eigenvalue weighted by Gasteiger charge is 2.09. The molecule has 1 amide bonds. The van der Waals surface area contributed by atoms with Gasteiger partial charge in [-0.15, -0.1) is 11.3 Å². The zero-order chi connectivity index (χ0) is 17.1. The Morgan fingerprint density at radius 2 is 2.04 bits per heavy atom. The summed E-state index contributed by atoms with van der Waals surface area (Å²) in [6, 6.07) is 11.6. The van der Waals surface area contributed by atoms with Crippen LogP contribution in [0.1, 0.15) is 5.56 Å². The van der Waals surface area contributed by atoms with E-state index >= 15 is 0 Å². The predicted octanol–water partition coefficient (Wildman–Crippen LogP) is 4.11. The van der Waals surface area contributed by atoms with Crippen LogP contribution in [0, 0.1) is 10.1 Å². The number of non-ortho nitro benzene ring substituents is 1. The first-order valence-electron chi connectivity index (χ1n) is 7.03. The van der Waals surface area contributed by atoms with Crippen molar-refractivity contribution < 1.29 is 9.72 Å². The van der Waals surface area contributed by atoms with E-state index in [2.05, 4.69) is 10.3 Å². The highest BCUT2D eigenvalue weighted by Crippen LogP contribution is 2.30. The van der Waals surface area contributed by atoms with Crippen molar-refractivity contribution in [2.24, 2.45) is 0 Å². The molecule has 1 N–H and O–H groups in total. The van der Waals surface area contributed by atoms with Crippen molar-refractivity contribution in [2.45, 2.75) is 10.8 Å². The average Bonchev–Trinajstić information content (AvgIpc) is 2.97. The van der Waals surface area contributed by atoms with Gasteiger partial charge >= 0.3 is 0 Å². The van der Waals surface area contributed by atoms with Crippen molar-refractivity contribution in [1.29, 1.82) is 0 Å². The quantitative estimate of drug-likeness (QED) is 0.421. The smallest absolute Gasteiger partial charge is 0.269 e. The fraction of sp³-hybridized carbons (Fsp3) is 0.125. The molecular formula is C16H13N3O3S2. The second-order valence-electron chi connectivity index (χ2n) is 5.01. The van der Waals surface area contributed by atoms with Gasteiger partial charge in [-0.2, -0.15) is 0 Å². The molecular weight excluding hydrogens is 346 g/mol. The summed E-state index contributed by atoms with van der Waals surface area (Å²) in [5.74, 6) is -0.169. The molecule has 2 aromatic carbocycles. The van der Waals surface area contributed by atoms with Crippen LogP contribution in [0.3, 0.4) is 0 Å². The Hall–Kier alpha value is -2.45. The van der Waals surface area contributed by atoms with Gasteiger partial charge in [0.2, 0.25) is 5.91 Å². The third-order valence-electron chi connectivity index (χ3n) is 3.34. The van der Waals surface area contributed by atoms with E-state index in [1.54, 1.807) is 35.2 Å². The molecule has 1 heterocycles. The number of nitro groups is 1. The Labute approximate surface area is 146 Å². The molecule has 0 fully saturated rings. The molecule has 3 rings (SSSR count). The van der Waals surface area contributed by atoms with Crippen LogP contribution < -0.4 is 5.32 Å². The molecule has 0 radical (unpaired) electrons. The molecule has 1 aromatic heterocycles. The Morgan fingerprint density at radius 3 is 2.71 bits per heavy atom. The maximum absolute atomic E-state index is 12.1. The van der Waals surface area contributed by atoms with Crippen molar-refractivity contribution >= 4 is 50.6 Å². The van der Waals surface area contributed by atoms with E-state index in [9.17, 15) is 14.9 Å². The Bertz CT molecular complexity index is 907. The van der Waals surface area contributed by atoms with Crippen molar-refractivity contribution in [3.63, 3.8) is 0 Å². The predicted molar refractivity (Wildman–Crippen MR) is 96.8 cm³/mol. The SMILES string of the molecule is CSc1nc2ccc(NC(=O)Cc3ccc([N+](=O)[O-])cc3)cc2s1. The first-order chi connectivity index (χ1) is 11.5. The summed E-state index contributed by atoms with van der Waals surface area (Å²) in [5, 5.41) is 13.5. The van der Waals surface area contributed by atoms with Gasteiger partial charge in [-0.05, 0) is 30.0 Å². The van der Waals surface area contributed by atoms with Crippen LogP contribution in [-0.2, 0) is 11.2 Å². The number of thiazole rings is 1. The molecule has 0 saturated heterocycles. The van der Waals surface area contributed by atoms with Gasteiger partial charge in [-0.1, -0.05) is 23.9 Å². The van der Waals surface area contributed by atoms with Crippen molar-refractivity contribution in [2.75, 3.05) is 11.6 Å². The molecule has 0 spiro atoms.